The number of hydrogen-bond acceptors (Lipinski definition) is 2. The molecule has 0 aliphatic carbocycles. The molecular weight excluding hydrogens is 749 g/mol. The molecule has 300 valence electrons. The van der Waals surface area contributed by atoms with Gasteiger partial charge < -0.3 is 9.80 Å². The number of anilines is 6. The Bertz CT molecular complexity index is 2910. The van der Waals surface area contributed by atoms with Gasteiger partial charge in [0.1, 0.15) is 0 Å². The van der Waals surface area contributed by atoms with Gasteiger partial charge in [-0.3, -0.25) is 0 Å². The molecule has 0 spiro atoms. The molecule has 0 fully saturated rings. The highest BCUT2D eigenvalue weighted by atomic mass is 15.1. The minimum Gasteiger partial charge on any atom is -0.311 e. The Hall–Kier alpha value is -7.42. The molecule has 10 aromatic carbocycles. The molecule has 0 bridgehead atoms. The molecule has 0 unspecified atom stereocenters. The van der Waals surface area contributed by atoms with Gasteiger partial charge in [-0.05, 0) is 162 Å². The molecule has 10 rings (SSSR count). The largest absolute Gasteiger partial charge is 0.311 e. The summed E-state index contributed by atoms with van der Waals surface area (Å²) < 4.78 is 0. The number of benzene rings is 10. The zero-order valence-electron chi connectivity index (χ0n) is 35.8. The second kappa shape index (κ2) is 16.6. The summed E-state index contributed by atoms with van der Waals surface area (Å²) in [5.74, 6) is 0.965. The average Bonchev–Trinajstić information content (AvgIpc) is 3.33. The Labute approximate surface area is 366 Å². The van der Waals surface area contributed by atoms with Crippen molar-refractivity contribution in [2.24, 2.45) is 0 Å². The van der Waals surface area contributed by atoms with E-state index in [1.807, 2.05) is 0 Å². The summed E-state index contributed by atoms with van der Waals surface area (Å²) in [6.07, 6.45) is 0. The van der Waals surface area contributed by atoms with Gasteiger partial charge in [0, 0.05) is 34.1 Å². The molecule has 0 aromatic heterocycles. The van der Waals surface area contributed by atoms with Crippen LogP contribution >= 0.6 is 0 Å². The third kappa shape index (κ3) is 7.28. The van der Waals surface area contributed by atoms with Gasteiger partial charge in [0.05, 0.1) is 0 Å². The molecular formula is C60H50N2. The predicted molar refractivity (Wildman–Crippen MR) is 267 cm³/mol. The van der Waals surface area contributed by atoms with Crippen LogP contribution in [0.25, 0.3) is 54.6 Å². The summed E-state index contributed by atoms with van der Waals surface area (Å²) in [5.41, 5.74) is 14.3. The van der Waals surface area contributed by atoms with Gasteiger partial charge >= 0.3 is 0 Å². The Balaban J connectivity index is 1.06. The lowest BCUT2D eigenvalue weighted by molar-refractivity contribution is 0.866. The number of fused-ring (bicyclic) bond motifs is 5. The summed E-state index contributed by atoms with van der Waals surface area (Å²) in [6.45, 7) is 8.97. The first kappa shape index (κ1) is 38.8. The Morgan fingerprint density at radius 3 is 0.855 bits per heavy atom. The van der Waals surface area contributed by atoms with Crippen LogP contribution in [0.4, 0.5) is 34.1 Å². The van der Waals surface area contributed by atoms with Crippen LogP contribution in [0.15, 0.2) is 218 Å². The molecule has 10 aromatic rings. The van der Waals surface area contributed by atoms with E-state index in [1.165, 1.54) is 65.7 Å². The molecule has 0 saturated heterocycles. The summed E-state index contributed by atoms with van der Waals surface area (Å²) in [7, 11) is 0. The highest BCUT2D eigenvalue weighted by Gasteiger charge is 2.18. The molecule has 0 saturated carbocycles. The van der Waals surface area contributed by atoms with E-state index in [2.05, 4.69) is 256 Å². The second-order valence-corrected chi connectivity index (χ2v) is 17.0. The summed E-state index contributed by atoms with van der Waals surface area (Å²) in [4.78, 5) is 4.69. The van der Waals surface area contributed by atoms with Crippen molar-refractivity contribution in [3.05, 3.63) is 230 Å². The quantitative estimate of drug-likeness (QED) is 0.127. The molecule has 0 amide bonds. The minimum atomic E-state index is 0.482. The van der Waals surface area contributed by atoms with Crippen LogP contribution in [0.1, 0.15) is 50.7 Å². The van der Waals surface area contributed by atoms with Crippen molar-refractivity contribution in [1.29, 1.82) is 0 Å². The summed E-state index contributed by atoms with van der Waals surface area (Å²) >= 11 is 0. The Kier molecular flexibility index (Phi) is 10.4. The zero-order valence-corrected chi connectivity index (χ0v) is 35.8. The maximum Gasteiger partial charge on any atom is 0.0462 e. The van der Waals surface area contributed by atoms with Gasteiger partial charge in [-0.1, -0.05) is 161 Å². The van der Waals surface area contributed by atoms with Crippen molar-refractivity contribution in [3.63, 3.8) is 0 Å². The third-order valence-electron chi connectivity index (χ3n) is 12.4. The fraction of sp³-hybridized carbons (Fsp3) is 0.100. The minimum absolute atomic E-state index is 0.482. The molecule has 2 heteroatoms. The van der Waals surface area contributed by atoms with Gasteiger partial charge in [0.2, 0.25) is 0 Å². The number of para-hydroxylation sites is 2. The molecule has 0 radical (unpaired) electrons. The van der Waals surface area contributed by atoms with Crippen LogP contribution in [0.2, 0.25) is 0 Å². The molecule has 62 heavy (non-hydrogen) atoms. The second-order valence-electron chi connectivity index (χ2n) is 17.0. The summed E-state index contributed by atoms with van der Waals surface area (Å²) in [5, 5.41) is 7.52. The standard InChI is InChI=1S/C60H50N2/c1-41(2)43-23-31-49(32-24-43)61(47-15-7-5-8-16-47)51-35-27-45(28-36-51)57-39-59-56-22-14-12-20-54(56)58(40-60(59)55-21-13-11-19-53(55)57)46-29-37-52(38-30-46)62(48-17-9-6-10-18-48)50-33-25-44(26-34-50)42(3)4/h5-42H,1-4H3. The maximum absolute atomic E-state index is 2.42. The van der Waals surface area contributed by atoms with Gasteiger partial charge in [-0.15, -0.1) is 0 Å². The van der Waals surface area contributed by atoms with Crippen molar-refractivity contribution >= 4 is 66.4 Å². The Morgan fingerprint density at radius 2 is 0.532 bits per heavy atom. The molecule has 0 aliphatic heterocycles. The van der Waals surface area contributed by atoms with E-state index in [0.717, 1.165) is 34.1 Å². The zero-order chi connectivity index (χ0) is 42.2. The van der Waals surface area contributed by atoms with Gasteiger partial charge in [0.25, 0.3) is 0 Å². The lowest BCUT2D eigenvalue weighted by Crippen LogP contribution is -2.09. The van der Waals surface area contributed by atoms with Gasteiger partial charge in [-0.25, -0.2) is 0 Å². The first-order valence-electron chi connectivity index (χ1n) is 21.9. The van der Waals surface area contributed by atoms with Crippen molar-refractivity contribution in [2.75, 3.05) is 9.80 Å². The highest BCUT2D eigenvalue weighted by molar-refractivity contribution is 6.23. The smallest absolute Gasteiger partial charge is 0.0462 e. The Morgan fingerprint density at radius 1 is 0.258 bits per heavy atom. The van der Waals surface area contributed by atoms with E-state index >= 15 is 0 Å². The van der Waals surface area contributed by atoms with Crippen LogP contribution in [0.5, 0.6) is 0 Å². The lowest BCUT2D eigenvalue weighted by atomic mass is 9.87. The van der Waals surface area contributed by atoms with E-state index in [9.17, 15) is 0 Å². The van der Waals surface area contributed by atoms with E-state index in [1.54, 1.807) is 0 Å². The molecule has 2 nitrogen and oxygen atoms in total. The van der Waals surface area contributed by atoms with Gasteiger partial charge in [-0.2, -0.15) is 0 Å². The van der Waals surface area contributed by atoms with E-state index in [0.29, 0.717) is 11.8 Å². The third-order valence-corrected chi connectivity index (χ3v) is 12.4. The lowest BCUT2D eigenvalue weighted by Gasteiger charge is -2.26. The summed E-state index contributed by atoms with van der Waals surface area (Å²) in [6, 6.07) is 80.2. The highest BCUT2D eigenvalue weighted by Crippen LogP contribution is 2.44. The van der Waals surface area contributed by atoms with Crippen LogP contribution < -0.4 is 9.80 Å². The van der Waals surface area contributed by atoms with E-state index in [4.69, 9.17) is 0 Å². The van der Waals surface area contributed by atoms with E-state index in [-0.39, 0.29) is 0 Å². The topological polar surface area (TPSA) is 6.48 Å². The van der Waals surface area contributed by atoms with Crippen LogP contribution in [0, 0.1) is 0 Å². The normalized spacial score (nSPS) is 11.5. The van der Waals surface area contributed by atoms with Crippen LogP contribution in [-0.4, -0.2) is 0 Å². The van der Waals surface area contributed by atoms with Crippen LogP contribution in [-0.2, 0) is 0 Å². The SMILES string of the molecule is CC(C)c1ccc(N(c2ccccc2)c2ccc(-c3cc4c5ccccc5c(-c5ccc(N(c6ccccc6)c6ccc(C(C)C)cc6)cc5)cc4c4ccccc34)cc2)cc1. The molecule has 0 N–H and O–H groups in total. The first-order chi connectivity index (χ1) is 30.4. The van der Waals surface area contributed by atoms with Crippen molar-refractivity contribution in [1.82, 2.24) is 0 Å². The number of rotatable bonds is 10. The number of nitrogens with zero attached hydrogens (tertiary/aromatic N) is 2. The number of hydrogen-bond donors (Lipinski definition) is 0. The average molecular weight is 799 g/mol. The molecule has 0 aliphatic rings. The van der Waals surface area contributed by atoms with Gasteiger partial charge in [0.15, 0.2) is 0 Å². The van der Waals surface area contributed by atoms with Crippen molar-refractivity contribution < 1.29 is 0 Å². The van der Waals surface area contributed by atoms with E-state index < -0.39 is 0 Å². The molecule has 0 heterocycles. The predicted octanol–water partition coefficient (Wildman–Crippen LogP) is 17.7. The van der Waals surface area contributed by atoms with Crippen molar-refractivity contribution in [3.8, 4) is 22.3 Å². The first-order valence-corrected chi connectivity index (χ1v) is 21.9. The van der Waals surface area contributed by atoms with Crippen molar-refractivity contribution in [2.45, 2.75) is 39.5 Å². The van der Waals surface area contributed by atoms with Crippen LogP contribution in [0.3, 0.4) is 0 Å². The maximum atomic E-state index is 2.42. The molecule has 0 atom stereocenters. The fourth-order valence-electron chi connectivity index (χ4n) is 9.07. The fourth-order valence-corrected chi connectivity index (χ4v) is 9.07. The monoisotopic (exact) mass is 798 g/mol.